The van der Waals surface area contributed by atoms with Gasteiger partial charge in [0, 0.05) is 46.7 Å². The number of fused-ring (bicyclic) bond motifs is 2. The fourth-order valence-corrected chi connectivity index (χ4v) is 10.1. The zero-order chi connectivity index (χ0) is 56.5. The lowest BCUT2D eigenvalue weighted by atomic mass is 9.82. The second-order valence-corrected chi connectivity index (χ2v) is 21.3. The van der Waals surface area contributed by atoms with Gasteiger partial charge in [0.15, 0.2) is 0 Å². The van der Waals surface area contributed by atoms with Crippen LogP contribution in [-0.4, -0.2) is 175 Å². The Kier molecular flexibility index (Phi) is 20.5. The number of ether oxygens (including phenoxy) is 10. The highest BCUT2D eigenvalue weighted by Gasteiger charge is 2.39. The fraction of sp³-hybridized carbons (Fsp3) is 0.516. The molecule has 79 heavy (non-hydrogen) atoms. The Hall–Kier alpha value is -5.57. The van der Waals surface area contributed by atoms with Crippen LogP contribution in [-0.2, 0) is 53.8 Å². The molecule has 0 saturated heterocycles. The van der Waals surface area contributed by atoms with Crippen LogP contribution in [0.25, 0.3) is 43.1 Å². The van der Waals surface area contributed by atoms with Crippen molar-refractivity contribution in [3.63, 3.8) is 0 Å². The van der Waals surface area contributed by atoms with Crippen molar-refractivity contribution in [3.05, 3.63) is 106 Å². The van der Waals surface area contributed by atoms with Crippen LogP contribution >= 0.6 is 0 Å². The number of hydrogen-bond acceptors (Lipinski definition) is 14. The first-order valence-corrected chi connectivity index (χ1v) is 27.6. The minimum atomic E-state index is -0.590. The van der Waals surface area contributed by atoms with E-state index in [9.17, 15) is 23.6 Å². The number of imide groups is 2. The van der Waals surface area contributed by atoms with Gasteiger partial charge in [-0.15, -0.1) is 0 Å². The lowest BCUT2D eigenvalue weighted by Gasteiger charge is -2.33. The van der Waals surface area contributed by atoms with Gasteiger partial charge < -0.3 is 47.4 Å². The molecule has 16 nitrogen and oxygen atoms in total. The monoisotopic (exact) mass is 1090 g/mol. The zero-order valence-electron chi connectivity index (χ0n) is 47.3. The number of rotatable bonds is 33. The molecule has 0 bridgehead atoms. The van der Waals surface area contributed by atoms with Crippen LogP contribution in [0.1, 0.15) is 109 Å². The average molecular weight is 1090 g/mol. The van der Waals surface area contributed by atoms with Gasteiger partial charge in [0.05, 0.1) is 128 Å². The number of methoxy groups -OCH3 is 1. The molecule has 0 radical (unpaired) electrons. The summed E-state index contributed by atoms with van der Waals surface area (Å²) in [7, 11) is 1.64. The summed E-state index contributed by atoms with van der Waals surface area (Å²) in [6, 6.07) is 20.0. The molecule has 2 aliphatic rings. The summed E-state index contributed by atoms with van der Waals surface area (Å²) in [6.45, 7) is 22.0. The van der Waals surface area contributed by atoms with Crippen LogP contribution in [0, 0.1) is 5.82 Å². The van der Waals surface area contributed by atoms with E-state index in [-0.39, 0.29) is 74.4 Å². The summed E-state index contributed by atoms with van der Waals surface area (Å²) in [4.78, 5) is 59.3. The lowest BCUT2D eigenvalue weighted by Crippen LogP contribution is -2.48. The summed E-state index contributed by atoms with van der Waals surface area (Å²) in [5, 5.41) is 5.96. The Labute approximate surface area is 462 Å². The minimum absolute atomic E-state index is 0.0361. The molecule has 0 saturated carbocycles. The third-order valence-corrected chi connectivity index (χ3v) is 14.4. The van der Waals surface area contributed by atoms with Gasteiger partial charge >= 0.3 is 0 Å². The maximum atomic E-state index is 14.4. The standard InChI is InChI=1S/C62H77FN2O14/c1-36(27-72-38(3)29-74-40(5)31-76-42(7)33-78-44(9)35-79-43(8)34-77-41(6)32-75-39(4)30-73-37(2)28-71-26-25-70-10)65-61(68)53-21-17-49-47-15-19-51-57-52(60(67)64(59(51)66)24-23-45-11-13-46(63)14-12-45)20-16-48(55(47)57)50-18-22-54(62(65)69)58(53)56(49)50/h11-22,36-44H,23-35H2,1-10H3. The molecule has 9 atom stereocenters. The van der Waals surface area contributed by atoms with Crippen molar-refractivity contribution in [3.8, 4) is 0 Å². The van der Waals surface area contributed by atoms with Crippen molar-refractivity contribution in [1.82, 2.24) is 9.80 Å². The third kappa shape index (κ3) is 14.1. The van der Waals surface area contributed by atoms with Gasteiger partial charge in [0.25, 0.3) is 23.6 Å². The molecular weight excluding hydrogens is 1020 g/mol. The predicted molar refractivity (Wildman–Crippen MR) is 299 cm³/mol. The highest BCUT2D eigenvalue weighted by atomic mass is 19.1. The molecule has 2 heterocycles. The largest absolute Gasteiger partial charge is 0.382 e. The molecular formula is C62H77FN2O14. The molecule has 0 spiro atoms. The Morgan fingerprint density at radius 1 is 0.392 bits per heavy atom. The summed E-state index contributed by atoms with van der Waals surface area (Å²) in [5.41, 5.74) is 2.48. The van der Waals surface area contributed by atoms with E-state index in [1.165, 1.54) is 21.9 Å². The molecule has 4 amide bonds. The van der Waals surface area contributed by atoms with Gasteiger partial charge in [0.1, 0.15) is 5.82 Å². The summed E-state index contributed by atoms with van der Waals surface area (Å²) >= 11 is 0. The average Bonchev–Trinajstić information content (AvgIpc) is 3.14. The van der Waals surface area contributed by atoms with E-state index >= 15 is 0 Å². The van der Waals surface area contributed by atoms with E-state index in [1.807, 2.05) is 79.7 Å². The molecule has 0 aliphatic carbocycles. The second kappa shape index (κ2) is 27.3. The van der Waals surface area contributed by atoms with Gasteiger partial charge in [-0.25, -0.2) is 4.39 Å². The smallest absolute Gasteiger partial charge is 0.261 e. The number of hydrogen-bond donors (Lipinski definition) is 0. The molecule has 6 aromatic rings. The van der Waals surface area contributed by atoms with Crippen LogP contribution in [0.15, 0.2) is 72.8 Å². The topological polar surface area (TPSA) is 167 Å². The number of benzene rings is 6. The molecule has 2 aliphatic heterocycles. The van der Waals surface area contributed by atoms with E-state index in [2.05, 4.69) is 0 Å². The lowest BCUT2D eigenvalue weighted by molar-refractivity contribution is -0.110. The number of nitrogens with zero attached hydrogens (tertiary/aromatic N) is 2. The predicted octanol–water partition coefficient (Wildman–Crippen LogP) is 9.60. The van der Waals surface area contributed by atoms with E-state index < -0.39 is 29.7 Å². The molecule has 8 rings (SSSR count). The van der Waals surface area contributed by atoms with Crippen molar-refractivity contribution in [2.24, 2.45) is 0 Å². The maximum absolute atomic E-state index is 14.4. The number of carbonyl (C=O) groups excluding carboxylic acids is 4. The SMILES string of the molecule is COCCOCC(C)OCC(C)OCC(C)OCC(C)OCC(C)OCC(C)OCC(C)OCC(C)OCC(C)N1C(=O)c2ccc3c4ccc5c6c(ccc(c7ccc(c2c37)C1=O)c64)C(=O)N(CCc1ccc(F)cc1)C5=O. The van der Waals surface area contributed by atoms with Crippen LogP contribution in [0.3, 0.4) is 0 Å². The summed E-state index contributed by atoms with van der Waals surface area (Å²) < 4.78 is 72.0. The normalized spacial score (nSPS) is 17.3. The molecule has 0 aromatic heterocycles. The summed E-state index contributed by atoms with van der Waals surface area (Å²) in [6.07, 6.45) is -0.891. The number of halogens is 1. The zero-order valence-corrected chi connectivity index (χ0v) is 47.3. The van der Waals surface area contributed by atoms with E-state index in [4.69, 9.17) is 47.4 Å². The van der Waals surface area contributed by atoms with E-state index in [0.717, 1.165) is 37.9 Å². The van der Waals surface area contributed by atoms with Crippen LogP contribution in [0.2, 0.25) is 0 Å². The first kappa shape index (κ1) is 59.5. The van der Waals surface area contributed by atoms with E-state index in [0.29, 0.717) is 98.9 Å². The Bertz CT molecular complexity index is 2940. The van der Waals surface area contributed by atoms with Crippen LogP contribution in [0.5, 0.6) is 0 Å². The third-order valence-electron chi connectivity index (χ3n) is 14.4. The van der Waals surface area contributed by atoms with Gasteiger partial charge in [-0.2, -0.15) is 0 Å². The molecule has 0 fully saturated rings. The summed E-state index contributed by atoms with van der Waals surface area (Å²) in [5.74, 6) is -1.96. The highest BCUT2D eigenvalue weighted by Crippen LogP contribution is 2.46. The highest BCUT2D eigenvalue weighted by molar-refractivity contribution is 6.41. The molecule has 426 valence electrons. The van der Waals surface area contributed by atoms with Gasteiger partial charge in [-0.1, -0.05) is 36.4 Å². The Morgan fingerprint density at radius 3 is 1.08 bits per heavy atom. The quantitative estimate of drug-likeness (QED) is 0.0165. The molecule has 9 unspecified atom stereocenters. The Balaban J connectivity index is 0.760. The van der Waals surface area contributed by atoms with Crippen molar-refractivity contribution in [2.75, 3.05) is 86.3 Å². The van der Waals surface area contributed by atoms with Crippen LogP contribution in [0.4, 0.5) is 4.39 Å². The van der Waals surface area contributed by atoms with Crippen LogP contribution < -0.4 is 0 Å². The first-order valence-electron chi connectivity index (χ1n) is 27.6. The second-order valence-electron chi connectivity index (χ2n) is 21.3. The molecule has 17 heteroatoms. The molecule has 0 N–H and O–H groups in total. The van der Waals surface area contributed by atoms with Gasteiger partial charge in [-0.3, -0.25) is 29.0 Å². The van der Waals surface area contributed by atoms with E-state index in [1.54, 1.807) is 50.4 Å². The Morgan fingerprint density at radius 2 is 0.722 bits per heavy atom. The van der Waals surface area contributed by atoms with Crippen molar-refractivity contribution < 1.29 is 70.9 Å². The van der Waals surface area contributed by atoms with Crippen molar-refractivity contribution in [2.45, 2.75) is 124 Å². The fourth-order valence-electron chi connectivity index (χ4n) is 10.1. The van der Waals surface area contributed by atoms with Gasteiger partial charge in [0.2, 0.25) is 0 Å². The van der Waals surface area contributed by atoms with Gasteiger partial charge in [-0.05, 0) is 143 Å². The minimum Gasteiger partial charge on any atom is -0.382 e. The maximum Gasteiger partial charge on any atom is 0.261 e. The molecule has 6 aromatic carbocycles. The number of carbonyl (C=O) groups is 4. The van der Waals surface area contributed by atoms with Crippen molar-refractivity contribution in [1.29, 1.82) is 0 Å². The first-order chi connectivity index (χ1) is 37.9. The number of amides is 4. The van der Waals surface area contributed by atoms with Crippen molar-refractivity contribution >= 4 is 66.7 Å².